The summed E-state index contributed by atoms with van der Waals surface area (Å²) in [6.45, 7) is 4.13. The van der Waals surface area contributed by atoms with Crippen molar-refractivity contribution in [2.75, 3.05) is 11.1 Å². The van der Waals surface area contributed by atoms with Crippen LogP contribution >= 0.6 is 0 Å². The predicted molar refractivity (Wildman–Crippen MR) is 97.0 cm³/mol. The molecule has 3 aromatic heterocycles. The Morgan fingerprint density at radius 1 is 1.04 bits per heavy atom. The SMILES string of the molecule is CC(C)n1c(-n2cccn2)nc2c(N)nc(Nc3ccccc3)nc21. The molecule has 0 aliphatic carbocycles. The fraction of sp³-hybridized carbons (Fsp3) is 0.176. The van der Waals surface area contributed by atoms with Crippen LogP contribution in [0.25, 0.3) is 17.1 Å². The van der Waals surface area contributed by atoms with Crippen LogP contribution in [0, 0.1) is 0 Å². The largest absolute Gasteiger partial charge is 0.382 e. The van der Waals surface area contributed by atoms with Crippen LogP contribution in [0.4, 0.5) is 17.5 Å². The van der Waals surface area contributed by atoms with E-state index in [1.54, 1.807) is 10.9 Å². The lowest BCUT2D eigenvalue weighted by atomic mass is 10.3. The molecule has 0 radical (unpaired) electrons. The zero-order valence-corrected chi connectivity index (χ0v) is 14.0. The maximum atomic E-state index is 6.15. The maximum Gasteiger partial charge on any atom is 0.233 e. The van der Waals surface area contributed by atoms with E-state index in [-0.39, 0.29) is 6.04 Å². The molecule has 0 spiro atoms. The summed E-state index contributed by atoms with van der Waals surface area (Å²) in [6.07, 6.45) is 3.55. The van der Waals surface area contributed by atoms with Crippen LogP contribution in [0.2, 0.25) is 0 Å². The molecule has 0 aliphatic rings. The van der Waals surface area contributed by atoms with E-state index in [1.165, 1.54) is 0 Å². The number of nitrogens with zero attached hydrogens (tertiary/aromatic N) is 6. The molecule has 25 heavy (non-hydrogen) atoms. The lowest BCUT2D eigenvalue weighted by Crippen LogP contribution is -2.10. The van der Waals surface area contributed by atoms with Crippen molar-refractivity contribution in [3.63, 3.8) is 0 Å². The second-order valence-electron chi connectivity index (χ2n) is 5.92. The molecular weight excluding hydrogens is 316 g/mol. The summed E-state index contributed by atoms with van der Waals surface area (Å²) in [5.74, 6) is 1.43. The Bertz CT molecular complexity index is 1000. The molecule has 8 nitrogen and oxygen atoms in total. The number of rotatable bonds is 4. The van der Waals surface area contributed by atoms with Crippen molar-refractivity contribution >= 4 is 28.6 Å². The fourth-order valence-electron chi connectivity index (χ4n) is 2.71. The lowest BCUT2D eigenvalue weighted by Gasteiger charge is -2.12. The summed E-state index contributed by atoms with van der Waals surface area (Å²) in [6, 6.07) is 11.7. The molecule has 0 atom stereocenters. The van der Waals surface area contributed by atoms with E-state index in [4.69, 9.17) is 5.73 Å². The molecule has 126 valence electrons. The molecule has 3 heterocycles. The van der Waals surface area contributed by atoms with E-state index in [9.17, 15) is 0 Å². The van der Waals surface area contributed by atoms with Gasteiger partial charge in [-0.3, -0.25) is 4.57 Å². The molecule has 0 fully saturated rings. The third-order valence-corrected chi connectivity index (χ3v) is 3.80. The second kappa shape index (κ2) is 5.90. The van der Waals surface area contributed by atoms with Gasteiger partial charge in [0, 0.05) is 24.1 Å². The highest BCUT2D eigenvalue weighted by atomic mass is 15.4. The number of hydrogen-bond acceptors (Lipinski definition) is 6. The van der Waals surface area contributed by atoms with Gasteiger partial charge in [-0.05, 0) is 32.0 Å². The van der Waals surface area contributed by atoms with Crippen LogP contribution < -0.4 is 11.1 Å². The van der Waals surface area contributed by atoms with Crippen molar-refractivity contribution in [1.82, 2.24) is 29.3 Å². The summed E-state index contributed by atoms with van der Waals surface area (Å²) in [7, 11) is 0. The quantitative estimate of drug-likeness (QED) is 0.595. The Morgan fingerprint density at radius 3 is 2.52 bits per heavy atom. The third kappa shape index (κ3) is 2.67. The number of hydrogen-bond donors (Lipinski definition) is 2. The Hall–Kier alpha value is -3.42. The average molecular weight is 334 g/mol. The van der Waals surface area contributed by atoms with Gasteiger partial charge in [-0.25, -0.2) is 9.67 Å². The van der Waals surface area contributed by atoms with Crippen LogP contribution in [-0.2, 0) is 0 Å². The van der Waals surface area contributed by atoms with Crippen molar-refractivity contribution in [2.24, 2.45) is 0 Å². The maximum absolute atomic E-state index is 6.15. The van der Waals surface area contributed by atoms with Crippen molar-refractivity contribution in [2.45, 2.75) is 19.9 Å². The molecule has 0 bridgehead atoms. The first-order valence-corrected chi connectivity index (χ1v) is 8.01. The number of nitrogens with two attached hydrogens (primary N) is 1. The zero-order chi connectivity index (χ0) is 17.4. The van der Waals surface area contributed by atoms with Crippen LogP contribution in [0.5, 0.6) is 0 Å². The van der Waals surface area contributed by atoms with E-state index >= 15 is 0 Å². The highest BCUT2D eigenvalue weighted by Gasteiger charge is 2.20. The molecule has 0 amide bonds. The summed E-state index contributed by atoms with van der Waals surface area (Å²) >= 11 is 0. The number of fused-ring (bicyclic) bond motifs is 1. The normalized spacial score (nSPS) is 11.3. The van der Waals surface area contributed by atoms with Gasteiger partial charge >= 0.3 is 0 Å². The first-order valence-electron chi connectivity index (χ1n) is 8.01. The molecular formula is C17H18N8. The van der Waals surface area contributed by atoms with Gasteiger partial charge in [0.25, 0.3) is 0 Å². The Kier molecular flexibility index (Phi) is 3.57. The highest BCUT2D eigenvalue weighted by molar-refractivity contribution is 5.85. The predicted octanol–water partition coefficient (Wildman–Crippen LogP) is 2.92. The van der Waals surface area contributed by atoms with Crippen LogP contribution in [0.3, 0.4) is 0 Å². The Morgan fingerprint density at radius 2 is 1.84 bits per heavy atom. The monoisotopic (exact) mass is 334 g/mol. The van der Waals surface area contributed by atoms with Gasteiger partial charge < -0.3 is 11.1 Å². The number of nitrogens with one attached hydrogen (secondary N) is 1. The van der Waals surface area contributed by atoms with E-state index in [0.717, 1.165) is 5.69 Å². The number of nitrogen functional groups attached to an aromatic ring is 1. The summed E-state index contributed by atoms with van der Waals surface area (Å²) in [4.78, 5) is 13.6. The fourth-order valence-corrected chi connectivity index (χ4v) is 2.71. The van der Waals surface area contributed by atoms with Gasteiger partial charge in [-0.15, -0.1) is 0 Å². The summed E-state index contributed by atoms with van der Waals surface area (Å²) in [5.41, 5.74) is 8.28. The van der Waals surface area contributed by atoms with Gasteiger partial charge in [-0.2, -0.15) is 15.1 Å². The first kappa shape index (κ1) is 15.1. The molecule has 0 unspecified atom stereocenters. The number of para-hydroxylation sites is 1. The minimum Gasteiger partial charge on any atom is -0.382 e. The Labute approximate surface area is 144 Å². The molecule has 0 saturated heterocycles. The topological polar surface area (TPSA) is 99.5 Å². The number of anilines is 3. The third-order valence-electron chi connectivity index (χ3n) is 3.80. The first-order chi connectivity index (χ1) is 12.1. The Balaban J connectivity index is 1.88. The van der Waals surface area contributed by atoms with Gasteiger partial charge in [-0.1, -0.05) is 18.2 Å². The number of imidazole rings is 1. The average Bonchev–Trinajstić information content (AvgIpc) is 3.23. The van der Waals surface area contributed by atoms with Crippen molar-refractivity contribution in [3.05, 3.63) is 48.8 Å². The van der Waals surface area contributed by atoms with Crippen molar-refractivity contribution in [3.8, 4) is 5.95 Å². The minimum absolute atomic E-state index is 0.128. The number of benzene rings is 1. The van der Waals surface area contributed by atoms with Gasteiger partial charge in [0.05, 0.1) is 0 Å². The van der Waals surface area contributed by atoms with Gasteiger partial charge in [0.2, 0.25) is 11.9 Å². The number of aromatic nitrogens is 6. The standard InChI is InChI=1S/C17H18N8/c1-11(2)25-15-13(21-17(25)24-10-6-9-19-24)14(18)22-16(23-15)20-12-7-4-3-5-8-12/h3-11H,1-2H3,(H3,18,20,22,23). The second-order valence-corrected chi connectivity index (χ2v) is 5.92. The molecule has 4 aromatic rings. The van der Waals surface area contributed by atoms with Gasteiger partial charge in [0.1, 0.15) is 0 Å². The minimum atomic E-state index is 0.128. The van der Waals surface area contributed by atoms with Crippen molar-refractivity contribution < 1.29 is 0 Å². The molecule has 0 saturated carbocycles. The summed E-state index contributed by atoms with van der Waals surface area (Å²) < 4.78 is 3.70. The van der Waals surface area contributed by atoms with Crippen LogP contribution in [0.15, 0.2) is 48.8 Å². The molecule has 0 aliphatic heterocycles. The molecule has 1 aromatic carbocycles. The van der Waals surface area contributed by atoms with Crippen LogP contribution in [0.1, 0.15) is 19.9 Å². The van der Waals surface area contributed by atoms with E-state index < -0.39 is 0 Å². The molecule has 8 heteroatoms. The van der Waals surface area contributed by atoms with E-state index in [0.29, 0.717) is 28.9 Å². The molecule has 3 N–H and O–H groups in total. The molecule has 4 rings (SSSR count). The van der Waals surface area contributed by atoms with Crippen LogP contribution in [-0.4, -0.2) is 29.3 Å². The van der Waals surface area contributed by atoms with Crippen molar-refractivity contribution in [1.29, 1.82) is 0 Å². The van der Waals surface area contributed by atoms with E-state index in [2.05, 4.69) is 39.2 Å². The van der Waals surface area contributed by atoms with E-state index in [1.807, 2.05) is 47.2 Å². The summed E-state index contributed by atoms with van der Waals surface area (Å²) in [5, 5.41) is 7.45. The highest BCUT2D eigenvalue weighted by Crippen LogP contribution is 2.26. The van der Waals surface area contributed by atoms with Gasteiger partial charge in [0.15, 0.2) is 17.0 Å². The zero-order valence-electron chi connectivity index (χ0n) is 14.0. The lowest BCUT2D eigenvalue weighted by molar-refractivity contribution is 0.583. The smallest absolute Gasteiger partial charge is 0.233 e.